The maximum atomic E-state index is 12.9. The van der Waals surface area contributed by atoms with Gasteiger partial charge in [0.15, 0.2) is 0 Å². The topological polar surface area (TPSA) is 88.6 Å². The SMILES string of the molecule is COc1ccc(S(=O)(=O)Nc2ccc3c(c2)N(C(=O)c2ccncc2)CC3)c(C)c1. The number of anilines is 2. The summed E-state index contributed by atoms with van der Waals surface area (Å²) >= 11 is 0. The van der Waals surface area contributed by atoms with Gasteiger partial charge in [-0.05, 0) is 66.9 Å². The lowest BCUT2D eigenvalue weighted by Gasteiger charge is -2.18. The normalized spacial score (nSPS) is 13.1. The van der Waals surface area contributed by atoms with E-state index in [4.69, 9.17) is 4.74 Å². The maximum Gasteiger partial charge on any atom is 0.262 e. The van der Waals surface area contributed by atoms with Crippen LogP contribution in [0.15, 0.2) is 65.8 Å². The molecule has 1 N–H and O–H groups in total. The van der Waals surface area contributed by atoms with Crippen molar-refractivity contribution in [2.45, 2.75) is 18.2 Å². The number of rotatable bonds is 5. The van der Waals surface area contributed by atoms with Gasteiger partial charge in [-0.3, -0.25) is 14.5 Å². The summed E-state index contributed by atoms with van der Waals surface area (Å²) in [5.74, 6) is 0.455. The van der Waals surface area contributed by atoms with Crippen molar-refractivity contribution in [2.75, 3.05) is 23.3 Å². The number of aryl methyl sites for hydroxylation is 1. The number of hydrogen-bond donors (Lipinski definition) is 1. The average molecular weight is 423 g/mol. The van der Waals surface area contributed by atoms with Crippen LogP contribution in [0.4, 0.5) is 11.4 Å². The number of hydrogen-bond acceptors (Lipinski definition) is 5. The Labute approximate surface area is 175 Å². The number of pyridine rings is 1. The molecule has 0 radical (unpaired) electrons. The van der Waals surface area contributed by atoms with Gasteiger partial charge in [0.25, 0.3) is 15.9 Å². The van der Waals surface area contributed by atoms with Crippen molar-refractivity contribution in [3.8, 4) is 5.75 Å². The molecule has 1 aromatic heterocycles. The van der Waals surface area contributed by atoms with Gasteiger partial charge >= 0.3 is 0 Å². The monoisotopic (exact) mass is 423 g/mol. The molecule has 154 valence electrons. The highest BCUT2D eigenvalue weighted by atomic mass is 32.2. The van der Waals surface area contributed by atoms with E-state index in [0.29, 0.717) is 34.8 Å². The number of ether oxygens (including phenoxy) is 1. The molecule has 0 aliphatic carbocycles. The van der Waals surface area contributed by atoms with Crippen molar-refractivity contribution in [1.29, 1.82) is 0 Å². The highest BCUT2D eigenvalue weighted by Crippen LogP contribution is 2.33. The molecular weight excluding hydrogens is 402 g/mol. The smallest absolute Gasteiger partial charge is 0.262 e. The molecule has 7 nitrogen and oxygen atoms in total. The first kappa shape index (κ1) is 19.9. The summed E-state index contributed by atoms with van der Waals surface area (Å²) in [6.45, 7) is 2.26. The molecular formula is C22H21N3O4S. The number of benzene rings is 2. The minimum absolute atomic E-state index is 0.137. The first-order valence-electron chi connectivity index (χ1n) is 9.41. The minimum atomic E-state index is -3.79. The molecule has 1 aliphatic heterocycles. The van der Waals surface area contributed by atoms with Crippen LogP contribution in [0, 0.1) is 6.92 Å². The third kappa shape index (κ3) is 3.73. The van der Waals surface area contributed by atoms with Crippen molar-refractivity contribution in [3.63, 3.8) is 0 Å². The summed E-state index contributed by atoms with van der Waals surface area (Å²) in [6, 6.07) is 13.4. The second-order valence-electron chi connectivity index (χ2n) is 7.02. The van der Waals surface area contributed by atoms with Gasteiger partial charge in [0.1, 0.15) is 5.75 Å². The largest absolute Gasteiger partial charge is 0.497 e. The molecule has 0 bridgehead atoms. The van der Waals surface area contributed by atoms with Gasteiger partial charge in [-0.15, -0.1) is 0 Å². The number of carbonyl (C=O) groups excluding carboxylic acids is 1. The number of nitrogens with zero attached hydrogens (tertiary/aromatic N) is 2. The molecule has 30 heavy (non-hydrogen) atoms. The Morgan fingerprint density at radius 1 is 1.10 bits per heavy atom. The zero-order chi connectivity index (χ0) is 21.3. The van der Waals surface area contributed by atoms with Gasteiger partial charge in [0.2, 0.25) is 0 Å². The van der Waals surface area contributed by atoms with Gasteiger partial charge in [-0.1, -0.05) is 6.07 Å². The maximum absolute atomic E-state index is 12.9. The molecule has 0 atom stereocenters. The molecule has 2 heterocycles. The van der Waals surface area contributed by atoms with E-state index in [-0.39, 0.29) is 10.8 Å². The molecule has 8 heteroatoms. The number of aromatic nitrogens is 1. The van der Waals surface area contributed by atoms with Crippen LogP contribution in [0.3, 0.4) is 0 Å². The molecule has 0 fully saturated rings. The highest BCUT2D eigenvalue weighted by molar-refractivity contribution is 7.92. The van der Waals surface area contributed by atoms with Gasteiger partial charge in [-0.25, -0.2) is 8.42 Å². The summed E-state index contributed by atoms with van der Waals surface area (Å²) < 4.78 is 33.6. The van der Waals surface area contributed by atoms with Crippen molar-refractivity contribution >= 4 is 27.3 Å². The summed E-state index contributed by atoms with van der Waals surface area (Å²) in [4.78, 5) is 18.7. The Bertz CT molecular complexity index is 1210. The number of carbonyl (C=O) groups is 1. The summed E-state index contributed by atoms with van der Waals surface area (Å²) in [7, 11) is -2.26. The Hall–Kier alpha value is -3.39. The quantitative estimate of drug-likeness (QED) is 0.679. The Morgan fingerprint density at radius 3 is 2.57 bits per heavy atom. The number of amides is 1. The van der Waals surface area contributed by atoms with Crippen molar-refractivity contribution in [2.24, 2.45) is 0 Å². The van der Waals surface area contributed by atoms with Crippen LogP contribution in [0.2, 0.25) is 0 Å². The second kappa shape index (κ2) is 7.79. The second-order valence-corrected chi connectivity index (χ2v) is 8.67. The number of methoxy groups -OCH3 is 1. The molecule has 0 saturated carbocycles. The van der Waals surface area contributed by atoms with Gasteiger partial charge in [0.05, 0.1) is 17.7 Å². The van der Waals surface area contributed by atoms with E-state index >= 15 is 0 Å². The summed E-state index contributed by atoms with van der Waals surface area (Å²) in [6.07, 6.45) is 3.87. The first-order chi connectivity index (χ1) is 14.4. The molecule has 3 aromatic rings. The molecule has 1 aliphatic rings. The van der Waals surface area contributed by atoms with Crippen molar-refractivity contribution < 1.29 is 17.9 Å². The lowest BCUT2D eigenvalue weighted by Crippen LogP contribution is -2.28. The minimum Gasteiger partial charge on any atom is -0.497 e. The van der Waals surface area contributed by atoms with E-state index in [1.807, 2.05) is 6.07 Å². The van der Waals surface area contributed by atoms with Crippen LogP contribution in [0.25, 0.3) is 0 Å². The molecule has 0 spiro atoms. The number of nitrogens with one attached hydrogen (secondary N) is 1. The molecule has 4 rings (SSSR count). The third-order valence-corrected chi connectivity index (χ3v) is 6.62. The van der Waals surface area contributed by atoms with Crippen molar-refractivity contribution in [1.82, 2.24) is 4.98 Å². The molecule has 0 saturated heterocycles. The van der Waals surface area contributed by atoms with Crippen LogP contribution in [0.5, 0.6) is 5.75 Å². The Balaban J connectivity index is 1.62. The Kier molecular flexibility index (Phi) is 5.17. The van der Waals surface area contributed by atoms with Crippen molar-refractivity contribution in [3.05, 3.63) is 77.6 Å². The highest BCUT2D eigenvalue weighted by Gasteiger charge is 2.26. The van der Waals surface area contributed by atoms with Gasteiger partial charge in [0, 0.05) is 30.2 Å². The van der Waals surface area contributed by atoms with E-state index < -0.39 is 10.0 Å². The average Bonchev–Trinajstić information content (AvgIpc) is 3.16. The third-order valence-electron chi connectivity index (χ3n) is 5.08. The van der Waals surface area contributed by atoms with Crippen LogP contribution < -0.4 is 14.4 Å². The summed E-state index contributed by atoms with van der Waals surface area (Å²) in [5, 5.41) is 0. The Morgan fingerprint density at radius 2 is 1.87 bits per heavy atom. The predicted molar refractivity (Wildman–Crippen MR) is 115 cm³/mol. The number of sulfonamides is 1. The fourth-order valence-electron chi connectivity index (χ4n) is 3.56. The van der Waals surface area contributed by atoms with E-state index in [2.05, 4.69) is 9.71 Å². The summed E-state index contributed by atoms with van der Waals surface area (Å²) in [5.41, 5.74) is 3.23. The predicted octanol–water partition coefficient (Wildman–Crippen LogP) is 3.40. The van der Waals surface area contributed by atoms with Crippen LogP contribution >= 0.6 is 0 Å². The van der Waals surface area contributed by atoms with Gasteiger partial charge < -0.3 is 9.64 Å². The molecule has 2 aromatic carbocycles. The lowest BCUT2D eigenvalue weighted by molar-refractivity contribution is 0.0989. The lowest BCUT2D eigenvalue weighted by atomic mass is 10.1. The van der Waals surface area contributed by atoms with Gasteiger partial charge in [-0.2, -0.15) is 0 Å². The van der Waals surface area contributed by atoms with Crippen LogP contribution in [-0.2, 0) is 16.4 Å². The van der Waals surface area contributed by atoms with E-state index in [9.17, 15) is 13.2 Å². The number of fused-ring (bicyclic) bond motifs is 1. The fourth-order valence-corrected chi connectivity index (χ4v) is 4.84. The van der Waals surface area contributed by atoms with Crippen LogP contribution in [0.1, 0.15) is 21.5 Å². The first-order valence-corrected chi connectivity index (χ1v) is 10.9. The fraction of sp³-hybridized carbons (Fsp3) is 0.182. The zero-order valence-corrected chi connectivity index (χ0v) is 17.4. The van der Waals surface area contributed by atoms with Crippen LogP contribution in [-0.4, -0.2) is 33.0 Å². The van der Waals surface area contributed by atoms with E-state index in [1.54, 1.807) is 60.6 Å². The molecule has 1 amide bonds. The standard InChI is InChI=1S/C22H21N3O4S/c1-15-13-19(29-2)5-6-21(15)30(27,28)24-18-4-3-16-9-12-25(20(16)14-18)22(26)17-7-10-23-11-8-17/h3-8,10-11,13-14,24H,9,12H2,1-2H3. The molecule has 0 unspecified atom stereocenters. The van der Waals surface area contributed by atoms with E-state index in [0.717, 1.165) is 12.0 Å². The zero-order valence-electron chi connectivity index (χ0n) is 16.6. The van der Waals surface area contributed by atoms with E-state index in [1.165, 1.54) is 13.2 Å².